The van der Waals surface area contributed by atoms with Crippen LogP contribution in [0.1, 0.15) is 85.9 Å². The van der Waals surface area contributed by atoms with Crippen LogP contribution in [0.15, 0.2) is 36.4 Å². The Morgan fingerprint density at radius 2 is 1.41 bits per heavy atom. The number of aliphatic hydroxyl groups is 1. The summed E-state index contributed by atoms with van der Waals surface area (Å²) in [6.45, 7) is 2.88. The average molecular weight is 860 g/mol. The first-order valence-corrected chi connectivity index (χ1v) is 19.8. The minimum atomic E-state index is -2.01. The van der Waals surface area contributed by atoms with Gasteiger partial charge in [-0.2, -0.15) is 0 Å². The van der Waals surface area contributed by atoms with Gasteiger partial charge in [-0.05, 0) is 80.6 Å². The molecule has 23 heteroatoms. The third-order valence-corrected chi connectivity index (χ3v) is 10.1. The molecule has 1 heterocycles. The van der Waals surface area contributed by atoms with Gasteiger partial charge in [-0.15, -0.1) is 0 Å². The number of hydrogen-bond acceptors (Lipinski definition) is 12. The molecule has 1 aliphatic rings. The summed E-state index contributed by atoms with van der Waals surface area (Å²) in [5.41, 5.74) is -1.27. The Bertz CT molecular complexity index is 1890. The molecular weight excluding hydrogens is 808 g/mol. The van der Waals surface area contributed by atoms with E-state index in [0.717, 1.165) is 36.4 Å². The second-order valence-electron chi connectivity index (χ2n) is 14.6. The molecule has 5 atom stereocenters. The van der Waals surface area contributed by atoms with Crippen molar-refractivity contribution in [2.75, 3.05) is 26.2 Å². The number of likely N-dealkylation sites (tertiary alicyclic amines) is 1. The molecule has 0 saturated carbocycles. The number of hydrogen-bond donors (Lipinski definition) is 11. The fraction of sp³-hybridized carbons (Fsp3) is 0.500. The summed E-state index contributed by atoms with van der Waals surface area (Å²) in [4.78, 5) is 90.7. The highest BCUT2D eigenvalue weighted by Gasteiger charge is 2.38. The Labute approximate surface area is 350 Å². The molecule has 11 N–H and O–H groups in total. The number of nitrogens with one attached hydrogen (secondary N) is 5. The molecule has 1 fully saturated rings. The van der Waals surface area contributed by atoms with Crippen LogP contribution < -0.4 is 37.5 Å². The van der Waals surface area contributed by atoms with E-state index in [1.807, 2.05) is 0 Å². The minimum Gasteiger partial charge on any atom is -0.480 e. The number of halogens is 2. The van der Waals surface area contributed by atoms with Gasteiger partial charge in [0, 0.05) is 38.5 Å². The van der Waals surface area contributed by atoms with E-state index in [-0.39, 0.29) is 48.3 Å². The zero-order chi connectivity index (χ0) is 45.4. The van der Waals surface area contributed by atoms with Crippen molar-refractivity contribution < 1.29 is 72.7 Å². The highest BCUT2D eigenvalue weighted by atomic mass is 19.1. The molecule has 0 aliphatic carbocycles. The number of carbonyl (C=O) groups is 7. The highest BCUT2D eigenvalue weighted by molar-refractivity contribution is 6.59. The number of nitrogens with zero attached hydrogens (tertiary/aromatic N) is 1. The van der Waals surface area contributed by atoms with Crippen molar-refractivity contribution in [1.82, 2.24) is 31.5 Å². The Morgan fingerprint density at radius 1 is 0.820 bits per heavy atom. The average Bonchev–Trinajstić information content (AvgIpc) is 3.71. The summed E-state index contributed by atoms with van der Waals surface area (Å²) in [6, 6.07) is 1.99. The number of rotatable bonds is 23. The smallest absolute Gasteiger partial charge is 0.480 e. The van der Waals surface area contributed by atoms with Crippen molar-refractivity contribution >= 4 is 66.6 Å². The van der Waals surface area contributed by atoms with Crippen LogP contribution in [-0.2, 0) is 24.0 Å². The fourth-order valence-electron chi connectivity index (χ4n) is 6.58. The minimum absolute atomic E-state index is 0.0650. The van der Waals surface area contributed by atoms with E-state index < -0.39 is 104 Å². The van der Waals surface area contributed by atoms with Crippen LogP contribution in [-0.4, -0.2) is 141 Å². The maximum Gasteiger partial charge on any atom is 0.488 e. The molecule has 1 aliphatic heterocycles. The maximum absolute atomic E-state index is 14.7. The Kier molecular flexibility index (Phi) is 19.7. The fourth-order valence-corrected chi connectivity index (χ4v) is 6.58. The molecule has 2 aromatic carbocycles. The van der Waals surface area contributed by atoms with E-state index in [2.05, 4.69) is 26.6 Å². The van der Waals surface area contributed by atoms with Gasteiger partial charge < -0.3 is 61.8 Å². The Balaban J connectivity index is 1.55. The summed E-state index contributed by atoms with van der Waals surface area (Å²) in [7, 11) is -3.93. The van der Waals surface area contributed by atoms with Crippen molar-refractivity contribution in [3.8, 4) is 0 Å². The van der Waals surface area contributed by atoms with Gasteiger partial charge in [0.25, 0.3) is 11.8 Å². The van der Waals surface area contributed by atoms with Gasteiger partial charge in [0.2, 0.25) is 23.6 Å². The summed E-state index contributed by atoms with van der Waals surface area (Å²) in [5.74, 6) is -8.18. The van der Waals surface area contributed by atoms with Crippen LogP contribution in [0.4, 0.5) is 8.78 Å². The van der Waals surface area contributed by atoms with Crippen LogP contribution in [0.2, 0.25) is 0 Å². The molecule has 2 aromatic rings. The lowest BCUT2D eigenvalue weighted by Gasteiger charge is -2.29. The van der Waals surface area contributed by atoms with Gasteiger partial charge in [-0.25, -0.2) is 13.6 Å². The number of amides is 6. The molecule has 3 rings (SSSR count). The number of aliphatic hydroxyl groups excluding tert-OH is 1. The molecule has 0 radical (unpaired) electrons. The number of unbranched alkanes of at least 4 members (excludes halogenated alkanes) is 1. The molecule has 0 aromatic heterocycles. The zero-order valence-corrected chi connectivity index (χ0v) is 33.7. The van der Waals surface area contributed by atoms with E-state index in [1.165, 1.54) is 11.8 Å². The number of aliphatic carboxylic acids is 1. The number of benzene rings is 2. The Morgan fingerprint density at radius 3 is 1.95 bits per heavy atom. The number of carboxylic acids is 1. The van der Waals surface area contributed by atoms with E-state index in [1.54, 1.807) is 6.92 Å². The van der Waals surface area contributed by atoms with E-state index in [9.17, 15) is 62.6 Å². The lowest BCUT2D eigenvalue weighted by Crippen LogP contribution is -2.54. The molecule has 0 spiro atoms. The zero-order valence-electron chi connectivity index (χ0n) is 33.7. The summed E-state index contributed by atoms with van der Waals surface area (Å²) < 4.78 is 29.0. The molecule has 332 valence electrons. The van der Waals surface area contributed by atoms with Crippen molar-refractivity contribution in [2.45, 2.75) is 89.4 Å². The van der Waals surface area contributed by atoms with Crippen molar-refractivity contribution in [3.63, 3.8) is 0 Å². The van der Waals surface area contributed by atoms with Crippen molar-refractivity contribution in [2.24, 2.45) is 5.92 Å². The Hall–Kier alpha value is -5.48. The van der Waals surface area contributed by atoms with Gasteiger partial charge in [-0.3, -0.25) is 28.8 Å². The van der Waals surface area contributed by atoms with Crippen molar-refractivity contribution in [3.05, 3.63) is 59.2 Å². The lowest BCUT2D eigenvalue weighted by atomic mass is 9.80. The predicted molar refractivity (Wildman–Crippen MR) is 215 cm³/mol. The van der Waals surface area contributed by atoms with Gasteiger partial charge >= 0.3 is 20.2 Å². The van der Waals surface area contributed by atoms with Gasteiger partial charge in [0.1, 0.15) is 23.7 Å². The summed E-state index contributed by atoms with van der Waals surface area (Å²) in [5, 5.41) is 68.3. The topological polar surface area (TPSA) is 304 Å². The van der Waals surface area contributed by atoms with Gasteiger partial charge in [0.15, 0.2) is 6.04 Å². The molecule has 19 nitrogen and oxygen atoms in total. The molecule has 1 saturated heterocycles. The summed E-state index contributed by atoms with van der Waals surface area (Å²) in [6.07, 6.45) is 1.01. The normalized spacial score (nSPS) is 15.4. The second kappa shape index (κ2) is 24.1. The quantitative estimate of drug-likeness (QED) is 0.0393. The summed E-state index contributed by atoms with van der Waals surface area (Å²) >= 11 is 0. The molecule has 0 unspecified atom stereocenters. The van der Waals surface area contributed by atoms with Crippen molar-refractivity contribution in [1.29, 1.82) is 0 Å². The first kappa shape index (κ1) is 49.9. The van der Waals surface area contributed by atoms with E-state index in [4.69, 9.17) is 10.0 Å². The predicted octanol–water partition coefficient (Wildman–Crippen LogP) is -3.00. The molecule has 0 bridgehead atoms. The van der Waals surface area contributed by atoms with Crippen LogP contribution >= 0.6 is 0 Å². The van der Waals surface area contributed by atoms with Crippen LogP contribution in [0.25, 0.3) is 0 Å². The molecule has 61 heavy (non-hydrogen) atoms. The molecular formula is C38H52B2F2N6O13. The highest BCUT2D eigenvalue weighted by Crippen LogP contribution is 2.24. The van der Waals surface area contributed by atoms with Crippen LogP contribution in [0.3, 0.4) is 0 Å². The third kappa shape index (κ3) is 14.9. The lowest BCUT2D eigenvalue weighted by molar-refractivity contribution is -0.147. The second-order valence-corrected chi connectivity index (χ2v) is 14.6. The van der Waals surface area contributed by atoms with Gasteiger partial charge in [-0.1, -0.05) is 25.5 Å². The van der Waals surface area contributed by atoms with E-state index in [0.29, 0.717) is 45.1 Å². The van der Waals surface area contributed by atoms with Crippen LogP contribution in [0, 0.1) is 17.6 Å². The largest absolute Gasteiger partial charge is 0.488 e. The first-order valence-electron chi connectivity index (χ1n) is 19.8. The van der Waals surface area contributed by atoms with E-state index >= 15 is 0 Å². The SMILES string of the molecule is CC[C@@H](CCCCNC(=O)[C@H](CNC(=O)CCCNC(=O)c1ccc(B(O)O)cc1F)NC(=O)c1ccc(B(O)O)cc1F)C(=O)N1CCC[C@H]1C(=O)N[C@H](C(=O)O)[C@@H](C)O. The number of carboxylic acid groups (broad SMARTS) is 1. The standard InChI is InChI=1S/C38H52B2F2N6O13/c1-3-22(37(55)48-17-7-9-30(48)36(54)47-32(21(2)49)38(56)57)8-4-5-15-44-35(53)29(46-34(52)26-14-12-24(40(60)61)19-28(26)42)20-45-31(50)10-6-16-43-33(51)25-13-11-23(39(58)59)18-27(25)41/h11-14,18-19,21-22,29-30,32,49,58-61H,3-10,15-17,20H2,1-2H3,(H,43,51)(H,44,53)(H,45,50)(H,46,52)(H,47,54)(H,56,57)/t21-,22+,29+,30+,32+/m1/s1. The molecule has 6 amide bonds. The van der Waals surface area contributed by atoms with Crippen LogP contribution in [0.5, 0.6) is 0 Å². The monoisotopic (exact) mass is 860 g/mol. The number of carbonyl (C=O) groups excluding carboxylic acids is 6. The maximum atomic E-state index is 14.7. The first-order chi connectivity index (χ1) is 28.9. The third-order valence-electron chi connectivity index (χ3n) is 10.1. The van der Waals surface area contributed by atoms with Gasteiger partial charge in [0.05, 0.1) is 17.2 Å².